The quantitative estimate of drug-likeness (QED) is 0.776. The molecule has 0 unspecified atom stereocenters. The highest BCUT2D eigenvalue weighted by Crippen LogP contribution is 2.40. The van der Waals surface area contributed by atoms with E-state index in [1.54, 1.807) is 0 Å². The predicted octanol–water partition coefficient (Wildman–Crippen LogP) is 2.50. The molecule has 26 heavy (non-hydrogen) atoms. The van der Waals surface area contributed by atoms with Crippen molar-refractivity contribution >= 4 is 11.6 Å². The second-order valence-electron chi connectivity index (χ2n) is 7.39. The number of nitrogens with one attached hydrogen (secondary N) is 1. The van der Waals surface area contributed by atoms with Crippen LogP contribution in [0.2, 0.25) is 0 Å². The molecule has 0 bridgehead atoms. The van der Waals surface area contributed by atoms with Gasteiger partial charge < -0.3 is 9.72 Å². The SMILES string of the molecule is O=C1NCc2ccccc2C12CCN(Cc1cccn3ccnc13)CC2. The number of hydrogen-bond acceptors (Lipinski definition) is 3. The average Bonchev–Trinajstić information content (AvgIpc) is 3.17. The molecule has 3 aromatic rings. The van der Waals surface area contributed by atoms with Crippen LogP contribution in [0.4, 0.5) is 0 Å². The number of amides is 1. The van der Waals surface area contributed by atoms with Crippen molar-refractivity contribution < 1.29 is 4.79 Å². The summed E-state index contributed by atoms with van der Waals surface area (Å²) in [4.78, 5) is 19.7. The third-order valence-electron chi connectivity index (χ3n) is 6.01. The van der Waals surface area contributed by atoms with Crippen LogP contribution in [0.25, 0.3) is 5.65 Å². The number of piperidine rings is 1. The summed E-state index contributed by atoms with van der Waals surface area (Å²) >= 11 is 0. The van der Waals surface area contributed by atoms with Crippen molar-refractivity contribution in [3.05, 3.63) is 71.7 Å². The van der Waals surface area contributed by atoms with Gasteiger partial charge in [-0.15, -0.1) is 0 Å². The van der Waals surface area contributed by atoms with Gasteiger partial charge in [0.2, 0.25) is 5.91 Å². The van der Waals surface area contributed by atoms with E-state index in [4.69, 9.17) is 0 Å². The van der Waals surface area contributed by atoms with Gasteiger partial charge in [-0.05, 0) is 43.1 Å². The normalized spacial score (nSPS) is 19.5. The minimum Gasteiger partial charge on any atom is -0.351 e. The first-order chi connectivity index (χ1) is 12.8. The van der Waals surface area contributed by atoms with Gasteiger partial charge in [-0.25, -0.2) is 4.98 Å². The molecule has 0 radical (unpaired) electrons. The molecule has 2 aliphatic heterocycles. The Labute approximate surface area is 152 Å². The van der Waals surface area contributed by atoms with Gasteiger partial charge in [0.1, 0.15) is 5.65 Å². The Morgan fingerprint density at radius 1 is 1.08 bits per heavy atom. The van der Waals surface area contributed by atoms with E-state index in [1.165, 1.54) is 16.7 Å². The summed E-state index contributed by atoms with van der Waals surface area (Å²) in [6.45, 7) is 3.37. The van der Waals surface area contributed by atoms with E-state index in [1.807, 2.05) is 18.6 Å². The third-order valence-corrected chi connectivity index (χ3v) is 6.01. The zero-order valence-electron chi connectivity index (χ0n) is 14.7. The van der Waals surface area contributed by atoms with E-state index >= 15 is 0 Å². The third kappa shape index (κ3) is 2.35. The maximum absolute atomic E-state index is 12.8. The summed E-state index contributed by atoms with van der Waals surface area (Å²) in [6, 6.07) is 12.6. The van der Waals surface area contributed by atoms with Crippen molar-refractivity contribution in [2.75, 3.05) is 13.1 Å². The number of benzene rings is 1. The van der Waals surface area contributed by atoms with Crippen LogP contribution in [0.15, 0.2) is 55.0 Å². The largest absolute Gasteiger partial charge is 0.351 e. The first kappa shape index (κ1) is 15.6. The van der Waals surface area contributed by atoms with Gasteiger partial charge in [-0.3, -0.25) is 9.69 Å². The monoisotopic (exact) mass is 346 g/mol. The molecular weight excluding hydrogens is 324 g/mol. The van der Waals surface area contributed by atoms with Crippen LogP contribution in [0.1, 0.15) is 29.5 Å². The lowest BCUT2D eigenvalue weighted by Gasteiger charge is -2.44. The minimum atomic E-state index is -0.356. The summed E-state index contributed by atoms with van der Waals surface area (Å²) in [6.07, 6.45) is 7.59. The molecule has 1 aromatic carbocycles. The van der Waals surface area contributed by atoms with Crippen LogP contribution in [0.5, 0.6) is 0 Å². The minimum absolute atomic E-state index is 0.200. The molecule has 4 heterocycles. The summed E-state index contributed by atoms with van der Waals surface area (Å²) in [5, 5.41) is 3.11. The number of pyridine rings is 1. The molecule has 2 aliphatic rings. The van der Waals surface area contributed by atoms with Gasteiger partial charge in [0.05, 0.1) is 5.41 Å². The Hall–Kier alpha value is -2.66. The highest BCUT2D eigenvalue weighted by atomic mass is 16.2. The number of nitrogens with zero attached hydrogens (tertiary/aromatic N) is 3. The van der Waals surface area contributed by atoms with Gasteiger partial charge in [-0.2, -0.15) is 0 Å². The number of aromatic nitrogens is 2. The molecule has 0 aliphatic carbocycles. The fourth-order valence-electron chi connectivity index (χ4n) is 4.57. The molecule has 0 saturated carbocycles. The number of likely N-dealkylation sites (tertiary alicyclic amines) is 1. The number of carbonyl (C=O) groups is 1. The molecule has 5 rings (SSSR count). The lowest BCUT2D eigenvalue weighted by Crippen LogP contribution is -2.54. The van der Waals surface area contributed by atoms with E-state index in [-0.39, 0.29) is 11.3 Å². The Bertz CT molecular complexity index is 969. The van der Waals surface area contributed by atoms with Crippen molar-refractivity contribution in [2.45, 2.75) is 31.3 Å². The van der Waals surface area contributed by atoms with Crippen molar-refractivity contribution in [3.63, 3.8) is 0 Å². The number of hydrogen-bond donors (Lipinski definition) is 1. The van der Waals surface area contributed by atoms with Crippen molar-refractivity contribution in [1.29, 1.82) is 0 Å². The Balaban J connectivity index is 1.38. The Kier molecular flexibility index (Phi) is 3.57. The molecular formula is C21H22N4O. The van der Waals surface area contributed by atoms with Crippen LogP contribution in [0, 0.1) is 0 Å². The van der Waals surface area contributed by atoms with E-state index < -0.39 is 0 Å². The van der Waals surface area contributed by atoms with Crippen molar-refractivity contribution in [3.8, 4) is 0 Å². The number of fused-ring (bicyclic) bond motifs is 3. The van der Waals surface area contributed by atoms with Crippen LogP contribution >= 0.6 is 0 Å². The van der Waals surface area contributed by atoms with Gasteiger partial charge >= 0.3 is 0 Å². The van der Waals surface area contributed by atoms with Crippen molar-refractivity contribution in [1.82, 2.24) is 19.6 Å². The van der Waals surface area contributed by atoms with Crippen molar-refractivity contribution in [2.24, 2.45) is 0 Å². The molecule has 1 amide bonds. The van der Waals surface area contributed by atoms with Gasteiger partial charge in [-0.1, -0.05) is 30.3 Å². The molecule has 1 saturated heterocycles. The zero-order chi connectivity index (χ0) is 17.6. The fourth-order valence-corrected chi connectivity index (χ4v) is 4.57. The molecule has 0 atom stereocenters. The molecule has 1 N–H and O–H groups in total. The maximum Gasteiger partial charge on any atom is 0.231 e. The van der Waals surface area contributed by atoms with Crippen LogP contribution in [-0.4, -0.2) is 33.3 Å². The molecule has 2 aromatic heterocycles. The summed E-state index contributed by atoms with van der Waals surface area (Å²) < 4.78 is 2.06. The van der Waals surface area contributed by atoms with Gasteiger partial charge in [0.25, 0.3) is 0 Å². The molecule has 132 valence electrons. The molecule has 1 fully saturated rings. The van der Waals surface area contributed by atoms with Crippen LogP contribution in [0.3, 0.4) is 0 Å². The lowest BCUT2D eigenvalue weighted by molar-refractivity contribution is -0.129. The van der Waals surface area contributed by atoms with E-state index in [0.29, 0.717) is 6.54 Å². The molecule has 1 spiro atoms. The van der Waals surface area contributed by atoms with E-state index in [2.05, 4.69) is 56.0 Å². The maximum atomic E-state index is 12.8. The first-order valence-electron chi connectivity index (χ1n) is 9.26. The summed E-state index contributed by atoms with van der Waals surface area (Å²) in [5.41, 5.74) is 4.40. The Morgan fingerprint density at radius 2 is 1.92 bits per heavy atom. The fraction of sp³-hybridized carbons (Fsp3) is 0.333. The molecule has 5 nitrogen and oxygen atoms in total. The second-order valence-corrected chi connectivity index (χ2v) is 7.39. The topological polar surface area (TPSA) is 49.6 Å². The highest BCUT2D eigenvalue weighted by molar-refractivity contribution is 5.90. The standard InChI is InChI=1S/C21H22N4O/c26-20-21(18-6-2-1-4-16(18)14-23-20)7-11-24(12-8-21)15-17-5-3-10-25-13-9-22-19(17)25/h1-6,9-10,13H,7-8,11-12,14-15H2,(H,23,26). The first-order valence-corrected chi connectivity index (χ1v) is 9.26. The van der Waals surface area contributed by atoms with E-state index in [9.17, 15) is 4.79 Å². The summed E-state index contributed by atoms with van der Waals surface area (Å²) in [5.74, 6) is 0.200. The Morgan fingerprint density at radius 3 is 2.81 bits per heavy atom. The van der Waals surface area contributed by atoms with Crippen LogP contribution in [-0.2, 0) is 23.3 Å². The highest BCUT2D eigenvalue weighted by Gasteiger charge is 2.45. The predicted molar refractivity (Wildman–Crippen MR) is 99.7 cm³/mol. The number of imidazole rings is 1. The number of rotatable bonds is 2. The average molecular weight is 346 g/mol. The molecule has 5 heteroatoms. The summed E-state index contributed by atoms with van der Waals surface area (Å²) in [7, 11) is 0. The van der Waals surface area contributed by atoms with Gasteiger partial charge in [0, 0.05) is 37.2 Å². The lowest BCUT2D eigenvalue weighted by atomic mass is 9.68. The zero-order valence-corrected chi connectivity index (χ0v) is 14.7. The van der Waals surface area contributed by atoms with Gasteiger partial charge in [0.15, 0.2) is 0 Å². The second kappa shape index (κ2) is 5.95. The van der Waals surface area contributed by atoms with E-state index in [0.717, 1.165) is 38.1 Å². The smallest absolute Gasteiger partial charge is 0.231 e. The number of carbonyl (C=O) groups excluding carboxylic acids is 1. The van der Waals surface area contributed by atoms with Crippen LogP contribution < -0.4 is 5.32 Å².